The van der Waals surface area contributed by atoms with E-state index in [9.17, 15) is 14.7 Å². The molecular formula is C30H27NO7. The second-order valence-corrected chi connectivity index (χ2v) is 8.77. The summed E-state index contributed by atoms with van der Waals surface area (Å²) in [5, 5.41) is 11.7. The molecule has 1 aromatic heterocycles. The summed E-state index contributed by atoms with van der Waals surface area (Å²) in [6.07, 6.45) is 0.863. The molecule has 1 atom stereocenters. The first-order chi connectivity index (χ1) is 18.5. The predicted octanol–water partition coefficient (Wildman–Crippen LogP) is 6.02. The van der Waals surface area contributed by atoms with Crippen molar-refractivity contribution in [2.24, 2.45) is 0 Å². The van der Waals surface area contributed by atoms with Gasteiger partial charge in [0.05, 0.1) is 32.4 Å². The molecule has 4 aromatic rings. The maximum atomic E-state index is 13.9. The number of fused-ring (bicyclic) bond motifs is 1. The Hall–Kier alpha value is -4.72. The summed E-state index contributed by atoms with van der Waals surface area (Å²) >= 11 is 0. The molecule has 0 bridgehead atoms. The van der Waals surface area contributed by atoms with Gasteiger partial charge in [0.25, 0.3) is 5.91 Å². The van der Waals surface area contributed by atoms with E-state index in [4.69, 9.17) is 18.6 Å². The lowest BCUT2D eigenvalue weighted by Gasteiger charge is -2.27. The van der Waals surface area contributed by atoms with E-state index >= 15 is 0 Å². The van der Waals surface area contributed by atoms with Crippen LogP contribution in [0.2, 0.25) is 0 Å². The molecule has 3 aromatic carbocycles. The fourth-order valence-corrected chi connectivity index (χ4v) is 4.57. The third kappa shape index (κ3) is 4.34. The molecule has 8 nitrogen and oxygen atoms in total. The molecule has 1 N–H and O–H groups in total. The van der Waals surface area contributed by atoms with Crippen molar-refractivity contribution in [3.05, 3.63) is 95.5 Å². The summed E-state index contributed by atoms with van der Waals surface area (Å²) in [5.74, 6) is -0.176. The van der Waals surface area contributed by atoms with Crippen molar-refractivity contribution >= 4 is 28.3 Å². The maximum absolute atomic E-state index is 13.9. The average Bonchev–Trinajstić information content (AvgIpc) is 3.51. The zero-order chi connectivity index (χ0) is 26.8. The number of aliphatic hydroxyl groups is 1. The van der Waals surface area contributed by atoms with Gasteiger partial charge < -0.3 is 23.7 Å². The molecule has 0 spiro atoms. The molecule has 194 valence electrons. The Morgan fingerprint density at radius 3 is 2.34 bits per heavy atom. The lowest BCUT2D eigenvalue weighted by atomic mass is 9.94. The van der Waals surface area contributed by atoms with Crippen LogP contribution in [0.3, 0.4) is 0 Å². The molecule has 1 amide bonds. The highest BCUT2D eigenvalue weighted by molar-refractivity contribution is 6.20. The summed E-state index contributed by atoms with van der Waals surface area (Å²) in [6.45, 7) is 2.59. The Bertz CT molecular complexity index is 1520. The van der Waals surface area contributed by atoms with E-state index in [0.717, 1.165) is 6.42 Å². The Morgan fingerprint density at radius 1 is 0.974 bits per heavy atom. The van der Waals surface area contributed by atoms with Crippen molar-refractivity contribution < 1.29 is 33.3 Å². The van der Waals surface area contributed by atoms with Gasteiger partial charge in [-0.3, -0.25) is 14.5 Å². The van der Waals surface area contributed by atoms with Gasteiger partial charge in [-0.25, -0.2) is 0 Å². The molecule has 1 unspecified atom stereocenters. The van der Waals surface area contributed by atoms with Crippen molar-refractivity contribution in [1.29, 1.82) is 0 Å². The van der Waals surface area contributed by atoms with Gasteiger partial charge in [0.1, 0.15) is 11.5 Å². The number of para-hydroxylation sites is 1. The first kappa shape index (κ1) is 25.0. The molecule has 2 heterocycles. The zero-order valence-corrected chi connectivity index (χ0v) is 21.3. The Kier molecular flexibility index (Phi) is 6.79. The number of anilines is 1. The lowest BCUT2D eigenvalue weighted by Crippen LogP contribution is -2.31. The monoisotopic (exact) mass is 513 g/mol. The minimum atomic E-state index is -0.904. The number of carbonyl (C=O) groups is 2. The van der Waals surface area contributed by atoms with Crippen molar-refractivity contribution in [3.8, 4) is 17.2 Å². The smallest absolute Gasteiger partial charge is 0.294 e. The third-order valence-corrected chi connectivity index (χ3v) is 6.42. The van der Waals surface area contributed by atoms with Crippen LogP contribution in [0.4, 0.5) is 5.69 Å². The van der Waals surface area contributed by atoms with E-state index < -0.39 is 23.5 Å². The molecule has 38 heavy (non-hydrogen) atoms. The number of Topliss-reactive ketones (excluding diaryl/α,β-unsaturated/α-hetero) is 1. The molecule has 5 rings (SSSR count). The highest BCUT2D eigenvalue weighted by Gasteiger charge is 2.45. The van der Waals surface area contributed by atoms with Crippen LogP contribution in [0, 0.1) is 0 Å². The van der Waals surface area contributed by atoms with Gasteiger partial charge in [0.15, 0.2) is 22.9 Å². The van der Waals surface area contributed by atoms with Gasteiger partial charge in [-0.2, -0.15) is 0 Å². The molecule has 0 saturated heterocycles. The molecule has 0 saturated carbocycles. The number of benzene rings is 3. The fourth-order valence-electron chi connectivity index (χ4n) is 4.57. The standard InChI is InChI=1S/C30H27NO7/c1-4-16-37-22-12-8-18(9-13-22)26-25(27(32)24-17-19-6-5-7-23(36-3)29(19)38-24)28(33)30(34)31(26)20-10-14-21(35-2)15-11-20/h5-15,17,26,33H,4,16H2,1-3H3. The second kappa shape index (κ2) is 10.3. The molecule has 8 heteroatoms. The predicted molar refractivity (Wildman–Crippen MR) is 142 cm³/mol. The number of aliphatic hydroxyl groups excluding tert-OH is 1. The van der Waals surface area contributed by atoms with Crippen LogP contribution >= 0.6 is 0 Å². The summed E-state index contributed by atoms with van der Waals surface area (Å²) in [6, 6.07) is 20.0. The highest BCUT2D eigenvalue weighted by atomic mass is 16.5. The van der Waals surface area contributed by atoms with Crippen molar-refractivity contribution in [2.75, 3.05) is 25.7 Å². The van der Waals surface area contributed by atoms with E-state index in [1.54, 1.807) is 79.9 Å². The number of furan rings is 1. The van der Waals surface area contributed by atoms with Crippen LogP contribution in [-0.4, -0.2) is 37.6 Å². The van der Waals surface area contributed by atoms with E-state index in [1.807, 2.05) is 6.92 Å². The van der Waals surface area contributed by atoms with Gasteiger partial charge in [-0.15, -0.1) is 0 Å². The number of ether oxygens (including phenoxy) is 3. The van der Waals surface area contributed by atoms with Crippen LogP contribution in [0.1, 0.15) is 35.5 Å². The first-order valence-electron chi connectivity index (χ1n) is 12.2. The van der Waals surface area contributed by atoms with E-state index in [-0.39, 0.29) is 11.3 Å². The average molecular weight is 514 g/mol. The molecule has 0 aliphatic carbocycles. The molecule has 1 aliphatic rings. The number of hydrogen-bond donors (Lipinski definition) is 1. The van der Waals surface area contributed by atoms with Gasteiger partial charge >= 0.3 is 0 Å². The van der Waals surface area contributed by atoms with Gasteiger partial charge in [0.2, 0.25) is 5.78 Å². The lowest BCUT2D eigenvalue weighted by molar-refractivity contribution is -0.117. The SMILES string of the molecule is CCCOc1ccc(C2C(C(=O)c3cc4cccc(OC)c4o3)=C(O)C(=O)N2c2ccc(OC)cc2)cc1. The van der Waals surface area contributed by atoms with Crippen LogP contribution in [0.15, 0.2) is 88.5 Å². The number of methoxy groups -OCH3 is 2. The molecular weight excluding hydrogens is 486 g/mol. The number of carbonyl (C=O) groups excluding carboxylic acids is 2. The minimum absolute atomic E-state index is 0.0108. The van der Waals surface area contributed by atoms with Crippen LogP contribution in [0.5, 0.6) is 17.2 Å². The number of nitrogens with zero attached hydrogens (tertiary/aromatic N) is 1. The van der Waals surface area contributed by atoms with Gasteiger partial charge in [-0.05, 0) is 60.5 Å². The molecule has 1 aliphatic heterocycles. The highest BCUT2D eigenvalue weighted by Crippen LogP contribution is 2.43. The number of hydrogen-bond acceptors (Lipinski definition) is 7. The minimum Gasteiger partial charge on any atom is -0.503 e. The van der Waals surface area contributed by atoms with E-state index in [0.29, 0.717) is 46.1 Å². The van der Waals surface area contributed by atoms with Crippen LogP contribution in [-0.2, 0) is 4.79 Å². The van der Waals surface area contributed by atoms with Crippen molar-refractivity contribution in [3.63, 3.8) is 0 Å². The van der Waals surface area contributed by atoms with E-state index in [1.165, 1.54) is 12.0 Å². The summed E-state index contributed by atoms with van der Waals surface area (Å²) in [5.41, 5.74) is 1.45. The van der Waals surface area contributed by atoms with Gasteiger partial charge in [-0.1, -0.05) is 31.2 Å². The zero-order valence-electron chi connectivity index (χ0n) is 21.3. The third-order valence-electron chi connectivity index (χ3n) is 6.42. The fraction of sp³-hybridized carbons (Fsp3) is 0.200. The number of rotatable bonds is 9. The summed E-state index contributed by atoms with van der Waals surface area (Å²) in [7, 11) is 3.06. The topological polar surface area (TPSA) is 98.4 Å². The number of amides is 1. The number of ketones is 1. The Morgan fingerprint density at radius 2 is 1.68 bits per heavy atom. The normalized spacial score (nSPS) is 15.3. The molecule has 0 fully saturated rings. The Labute approximate surface area is 219 Å². The largest absolute Gasteiger partial charge is 0.503 e. The summed E-state index contributed by atoms with van der Waals surface area (Å²) < 4.78 is 22.2. The quantitative estimate of drug-likeness (QED) is 0.273. The van der Waals surface area contributed by atoms with Crippen LogP contribution < -0.4 is 19.1 Å². The van der Waals surface area contributed by atoms with Crippen molar-refractivity contribution in [2.45, 2.75) is 19.4 Å². The van der Waals surface area contributed by atoms with Crippen LogP contribution in [0.25, 0.3) is 11.0 Å². The van der Waals surface area contributed by atoms with Gasteiger partial charge in [0, 0.05) is 11.1 Å². The van der Waals surface area contributed by atoms with Crippen molar-refractivity contribution in [1.82, 2.24) is 0 Å². The maximum Gasteiger partial charge on any atom is 0.294 e. The first-order valence-corrected chi connectivity index (χ1v) is 12.2. The van der Waals surface area contributed by atoms with E-state index in [2.05, 4.69) is 0 Å². The molecule has 0 radical (unpaired) electrons. The Balaban J connectivity index is 1.61. The second-order valence-electron chi connectivity index (χ2n) is 8.77. The summed E-state index contributed by atoms with van der Waals surface area (Å²) in [4.78, 5) is 28.7.